The van der Waals surface area contributed by atoms with Crippen LogP contribution in [0.1, 0.15) is 34.6 Å². The van der Waals surface area contributed by atoms with Crippen LogP contribution in [0.4, 0.5) is 0 Å². The number of likely N-dealkylation sites (N-methyl/N-ethyl adjacent to an activating group) is 1. The molecule has 0 fully saturated rings. The van der Waals surface area contributed by atoms with Gasteiger partial charge in [-0.15, -0.1) is 0 Å². The molecule has 2 rings (SSSR count). The van der Waals surface area contributed by atoms with Crippen LogP contribution in [-0.4, -0.2) is 60.2 Å². The lowest BCUT2D eigenvalue weighted by atomic mass is 10.1. The van der Waals surface area contributed by atoms with Crippen molar-refractivity contribution in [3.63, 3.8) is 0 Å². The Kier molecular flexibility index (Phi) is 5.02. The van der Waals surface area contributed by atoms with E-state index in [1.54, 1.807) is 31.2 Å². The van der Waals surface area contributed by atoms with Gasteiger partial charge in [0.1, 0.15) is 6.04 Å². The van der Waals surface area contributed by atoms with Gasteiger partial charge in [-0.3, -0.25) is 24.1 Å². The van der Waals surface area contributed by atoms with E-state index in [9.17, 15) is 19.2 Å². The highest BCUT2D eigenvalue weighted by atomic mass is 16.5. The average Bonchev–Trinajstić information content (AvgIpc) is 2.84. The number of carbonyl (C=O) groups excluding carboxylic acids is 4. The molecule has 2 unspecified atom stereocenters. The molecule has 0 spiro atoms. The second kappa shape index (κ2) is 6.82. The van der Waals surface area contributed by atoms with Crippen LogP contribution in [0.3, 0.4) is 0 Å². The number of ether oxygens (including phenoxy) is 1. The molecule has 0 bridgehead atoms. The summed E-state index contributed by atoms with van der Waals surface area (Å²) in [7, 11) is 2.80. The molecule has 7 heteroatoms. The number of hydrogen-bond acceptors (Lipinski definition) is 5. The van der Waals surface area contributed by atoms with E-state index in [0.29, 0.717) is 11.1 Å². The van der Waals surface area contributed by atoms with Crippen molar-refractivity contribution in [1.29, 1.82) is 0 Å². The number of hydrogen-bond donors (Lipinski definition) is 0. The average molecular weight is 332 g/mol. The van der Waals surface area contributed by atoms with Crippen molar-refractivity contribution in [3.8, 4) is 0 Å². The van der Waals surface area contributed by atoms with E-state index < -0.39 is 35.7 Å². The van der Waals surface area contributed by atoms with Crippen LogP contribution in [0.5, 0.6) is 0 Å². The number of rotatable bonds is 5. The summed E-state index contributed by atoms with van der Waals surface area (Å²) < 4.78 is 4.63. The highest BCUT2D eigenvalue weighted by molar-refractivity contribution is 6.22. The van der Waals surface area contributed by atoms with Gasteiger partial charge < -0.3 is 9.64 Å². The molecular formula is C17H20N2O5. The number of fused-ring (bicyclic) bond motifs is 1. The van der Waals surface area contributed by atoms with Gasteiger partial charge in [-0.05, 0) is 19.1 Å². The third-order valence-electron chi connectivity index (χ3n) is 4.10. The van der Waals surface area contributed by atoms with E-state index in [1.165, 1.54) is 26.0 Å². The summed E-state index contributed by atoms with van der Waals surface area (Å²) in [5.74, 6) is -2.31. The molecule has 1 aromatic rings. The molecule has 1 aromatic carbocycles. The zero-order valence-corrected chi connectivity index (χ0v) is 14.1. The largest absolute Gasteiger partial charge is 0.469 e. The maximum Gasteiger partial charge on any atom is 0.310 e. The zero-order valence-electron chi connectivity index (χ0n) is 14.1. The minimum atomic E-state index is -0.952. The molecule has 0 aliphatic carbocycles. The van der Waals surface area contributed by atoms with Gasteiger partial charge in [0.2, 0.25) is 5.91 Å². The predicted octanol–water partition coefficient (Wildman–Crippen LogP) is 0.939. The van der Waals surface area contributed by atoms with Crippen LogP contribution < -0.4 is 0 Å². The lowest BCUT2D eigenvalue weighted by molar-refractivity contribution is -0.146. The first kappa shape index (κ1) is 17.7. The number of amides is 3. The molecule has 2 atom stereocenters. The minimum Gasteiger partial charge on any atom is -0.469 e. The van der Waals surface area contributed by atoms with Crippen molar-refractivity contribution >= 4 is 23.7 Å². The third kappa shape index (κ3) is 3.02. The summed E-state index contributed by atoms with van der Waals surface area (Å²) in [6.45, 7) is 3.28. The van der Waals surface area contributed by atoms with Gasteiger partial charge in [-0.25, -0.2) is 0 Å². The van der Waals surface area contributed by atoms with Crippen LogP contribution in [-0.2, 0) is 14.3 Å². The van der Waals surface area contributed by atoms with Gasteiger partial charge in [0.05, 0.1) is 24.2 Å². The normalized spacial score (nSPS) is 15.8. The zero-order chi connectivity index (χ0) is 18.0. The van der Waals surface area contributed by atoms with Crippen LogP contribution in [0.25, 0.3) is 0 Å². The first-order chi connectivity index (χ1) is 11.3. The number of benzene rings is 1. The monoisotopic (exact) mass is 332 g/mol. The molecule has 0 radical (unpaired) electrons. The molecule has 0 aromatic heterocycles. The Morgan fingerprint density at radius 3 is 2.08 bits per heavy atom. The summed E-state index contributed by atoms with van der Waals surface area (Å²) in [5.41, 5.74) is 0.598. The smallest absolute Gasteiger partial charge is 0.310 e. The van der Waals surface area contributed by atoms with Crippen LogP contribution in [0, 0.1) is 5.92 Å². The number of imide groups is 1. The fraction of sp³-hybridized carbons (Fsp3) is 0.412. The summed E-state index contributed by atoms with van der Waals surface area (Å²) >= 11 is 0. The lowest BCUT2D eigenvalue weighted by Crippen LogP contribution is -2.49. The van der Waals surface area contributed by atoms with Gasteiger partial charge in [0.25, 0.3) is 11.8 Å². The second-order valence-corrected chi connectivity index (χ2v) is 5.84. The molecule has 3 amide bonds. The molecule has 7 nitrogen and oxygen atoms in total. The standard InChI is InChI=1S/C17H20N2O5/c1-10(17(23)24-4)9-18(3)14(20)11(2)19-15(21)12-7-5-6-8-13(12)16(19)22/h5-8,10-11H,9H2,1-4H3. The topological polar surface area (TPSA) is 84.0 Å². The Hall–Kier alpha value is -2.70. The Bertz CT molecular complexity index is 665. The minimum absolute atomic E-state index is 0.138. The van der Waals surface area contributed by atoms with Gasteiger partial charge in [-0.1, -0.05) is 19.1 Å². The van der Waals surface area contributed by atoms with Gasteiger partial charge in [-0.2, -0.15) is 0 Å². The first-order valence-corrected chi connectivity index (χ1v) is 7.59. The quantitative estimate of drug-likeness (QED) is 0.592. The first-order valence-electron chi connectivity index (χ1n) is 7.59. The Morgan fingerprint density at radius 2 is 1.62 bits per heavy atom. The van der Waals surface area contributed by atoms with Crippen molar-refractivity contribution < 1.29 is 23.9 Å². The van der Waals surface area contributed by atoms with E-state index in [0.717, 1.165) is 4.90 Å². The van der Waals surface area contributed by atoms with Crippen molar-refractivity contribution in [2.24, 2.45) is 5.92 Å². The maximum atomic E-state index is 12.5. The second-order valence-electron chi connectivity index (χ2n) is 5.84. The fourth-order valence-electron chi connectivity index (χ4n) is 2.77. The lowest BCUT2D eigenvalue weighted by Gasteiger charge is -2.27. The molecule has 1 aliphatic heterocycles. The van der Waals surface area contributed by atoms with E-state index in [2.05, 4.69) is 4.74 Å². The Balaban J connectivity index is 2.13. The van der Waals surface area contributed by atoms with Crippen molar-refractivity contribution in [2.45, 2.75) is 19.9 Å². The molecule has 0 saturated heterocycles. The van der Waals surface area contributed by atoms with Crippen LogP contribution in [0.2, 0.25) is 0 Å². The summed E-state index contributed by atoms with van der Waals surface area (Å²) in [6.07, 6.45) is 0. The van der Waals surface area contributed by atoms with E-state index in [4.69, 9.17) is 0 Å². The highest BCUT2D eigenvalue weighted by Gasteiger charge is 2.41. The predicted molar refractivity (Wildman–Crippen MR) is 85.2 cm³/mol. The molecule has 0 N–H and O–H groups in total. The summed E-state index contributed by atoms with van der Waals surface area (Å²) in [6, 6.07) is 5.52. The van der Waals surface area contributed by atoms with Gasteiger partial charge in [0.15, 0.2) is 0 Å². The van der Waals surface area contributed by atoms with Gasteiger partial charge >= 0.3 is 5.97 Å². The molecule has 1 aliphatic rings. The summed E-state index contributed by atoms with van der Waals surface area (Å²) in [4.78, 5) is 51.1. The molecule has 24 heavy (non-hydrogen) atoms. The SMILES string of the molecule is COC(=O)C(C)CN(C)C(=O)C(C)N1C(=O)c2ccccc2C1=O. The molecule has 0 saturated carbocycles. The number of esters is 1. The van der Waals surface area contributed by atoms with E-state index >= 15 is 0 Å². The number of carbonyl (C=O) groups is 4. The van der Waals surface area contributed by atoms with Crippen molar-refractivity contribution in [1.82, 2.24) is 9.80 Å². The van der Waals surface area contributed by atoms with Crippen molar-refractivity contribution in [2.75, 3.05) is 20.7 Å². The van der Waals surface area contributed by atoms with E-state index in [-0.39, 0.29) is 6.54 Å². The number of methoxy groups -OCH3 is 1. The van der Waals surface area contributed by atoms with Crippen LogP contribution in [0.15, 0.2) is 24.3 Å². The third-order valence-corrected chi connectivity index (χ3v) is 4.10. The Morgan fingerprint density at radius 1 is 1.12 bits per heavy atom. The molecule has 128 valence electrons. The Labute approximate surface area is 140 Å². The maximum absolute atomic E-state index is 12.5. The summed E-state index contributed by atoms with van der Waals surface area (Å²) in [5, 5.41) is 0. The van der Waals surface area contributed by atoms with Crippen LogP contribution >= 0.6 is 0 Å². The molecule has 1 heterocycles. The molecular weight excluding hydrogens is 312 g/mol. The van der Waals surface area contributed by atoms with Crippen molar-refractivity contribution in [3.05, 3.63) is 35.4 Å². The number of nitrogens with zero attached hydrogens (tertiary/aromatic N) is 2. The van der Waals surface area contributed by atoms with E-state index in [1.807, 2.05) is 0 Å². The fourth-order valence-corrected chi connectivity index (χ4v) is 2.77. The highest BCUT2D eigenvalue weighted by Crippen LogP contribution is 2.25. The van der Waals surface area contributed by atoms with Gasteiger partial charge in [0, 0.05) is 13.6 Å².